The van der Waals surface area contributed by atoms with Crippen LogP contribution >= 0.6 is 0 Å². The smallest absolute Gasteiger partial charge is 0.407 e. The van der Waals surface area contributed by atoms with Crippen LogP contribution in [-0.4, -0.2) is 53.5 Å². The van der Waals surface area contributed by atoms with Gasteiger partial charge in [0.25, 0.3) is 0 Å². The third-order valence-corrected chi connectivity index (χ3v) is 5.65. The zero-order valence-corrected chi connectivity index (χ0v) is 18.9. The van der Waals surface area contributed by atoms with Crippen LogP contribution in [0.5, 0.6) is 11.6 Å². The van der Waals surface area contributed by atoms with Gasteiger partial charge in [-0.1, -0.05) is 6.92 Å². The van der Waals surface area contributed by atoms with Crippen LogP contribution in [0.4, 0.5) is 10.6 Å². The molecule has 174 valence electrons. The molecule has 1 aliphatic carbocycles. The summed E-state index contributed by atoms with van der Waals surface area (Å²) < 4.78 is 15.7. The highest BCUT2D eigenvalue weighted by atomic mass is 16.6. The van der Waals surface area contributed by atoms with Crippen molar-refractivity contribution in [2.24, 2.45) is 0 Å². The molecule has 0 aromatic carbocycles. The Bertz CT molecular complexity index is 931. The molecule has 1 aliphatic rings. The number of carbonyl (C=O) groups is 2. The van der Waals surface area contributed by atoms with Gasteiger partial charge in [-0.25, -0.2) is 9.78 Å². The van der Waals surface area contributed by atoms with Gasteiger partial charge in [0.15, 0.2) is 5.82 Å². The van der Waals surface area contributed by atoms with Crippen molar-refractivity contribution in [3.63, 3.8) is 0 Å². The van der Waals surface area contributed by atoms with Crippen LogP contribution in [0.15, 0.2) is 18.3 Å². The molecule has 2 aromatic heterocycles. The molecule has 0 spiro atoms. The van der Waals surface area contributed by atoms with E-state index >= 15 is 0 Å². The van der Waals surface area contributed by atoms with Crippen LogP contribution in [0.3, 0.4) is 0 Å². The Morgan fingerprint density at radius 3 is 2.78 bits per heavy atom. The highest BCUT2D eigenvalue weighted by Crippen LogP contribution is 2.34. The fourth-order valence-corrected chi connectivity index (χ4v) is 3.73. The summed E-state index contributed by atoms with van der Waals surface area (Å²) in [6, 6.07) is 3.58. The van der Waals surface area contributed by atoms with E-state index in [0.29, 0.717) is 23.0 Å². The largest absolute Gasteiger partial charge is 0.495 e. The van der Waals surface area contributed by atoms with Crippen molar-refractivity contribution in [3.05, 3.63) is 29.6 Å². The van der Waals surface area contributed by atoms with Crippen molar-refractivity contribution >= 4 is 17.8 Å². The van der Waals surface area contributed by atoms with Gasteiger partial charge in [0.1, 0.15) is 11.9 Å². The molecule has 0 saturated heterocycles. The molecule has 0 radical (unpaired) electrons. The molecule has 1 saturated carbocycles. The first-order valence-corrected chi connectivity index (χ1v) is 10.8. The number of aromatic amines is 1. The Labute approximate surface area is 187 Å². The van der Waals surface area contributed by atoms with Gasteiger partial charge in [0, 0.05) is 35.3 Å². The second-order valence-corrected chi connectivity index (χ2v) is 7.95. The topological polar surface area (TPSA) is 127 Å². The van der Waals surface area contributed by atoms with E-state index in [1.54, 1.807) is 6.07 Å². The van der Waals surface area contributed by atoms with Gasteiger partial charge in [0.2, 0.25) is 11.8 Å². The molecule has 32 heavy (non-hydrogen) atoms. The maximum atomic E-state index is 12.5. The van der Waals surface area contributed by atoms with E-state index in [1.807, 2.05) is 19.9 Å². The van der Waals surface area contributed by atoms with Crippen molar-refractivity contribution in [1.82, 2.24) is 20.5 Å². The number of rotatable bonds is 9. The van der Waals surface area contributed by atoms with Crippen LogP contribution < -0.4 is 20.1 Å². The Kier molecular flexibility index (Phi) is 7.91. The summed E-state index contributed by atoms with van der Waals surface area (Å²) in [5, 5.41) is 13.0. The highest BCUT2D eigenvalue weighted by molar-refractivity contribution is 5.91. The number of methoxy groups -OCH3 is 2. The molecule has 3 N–H and O–H groups in total. The first kappa shape index (κ1) is 23.4. The monoisotopic (exact) mass is 445 g/mol. The lowest BCUT2D eigenvalue weighted by Gasteiger charge is -2.16. The number of aromatic nitrogens is 3. The second kappa shape index (κ2) is 10.8. The molecule has 1 fully saturated rings. The quantitative estimate of drug-likeness (QED) is 0.541. The summed E-state index contributed by atoms with van der Waals surface area (Å²) in [6.45, 7) is 3.85. The zero-order chi connectivity index (χ0) is 23.1. The van der Waals surface area contributed by atoms with Crippen molar-refractivity contribution in [2.45, 2.75) is 64.0 Å². The molecule has 0 aliphatic heterocycles. The van der Waals surface area contributed by atoms with Crippen LogP contribution in [0, 0.1) is 0 Å². The van der Waals surface area contributed by atoms with Crippen molar-refractivity contribution in [3.8, 4) is 11.6 Å². The number of hydrogen-bond acceptors (Lipinski definition) is 7. The number of carbonyl (C=O) groups excluding carboxylic acids is 2. The maximum absolute atomic E-state index is 12.5. The van der Waals surface area contributed by atoms with Gasteiger partial charge in [-0.05, 0) is 32.6 Å². The fraction of sp³-hybridized carbons (Fsp3) is 0.545. The van der Waals surface area contributed by atoms with E-state index in [9.17, 15) is 9.59 Å². The number of nitrogens with one attached hydrogen (secondary N) is 3. The molecule has 10 heteroatoms. The average molecular weight is 446 g/mol. The third kappa shape index (κ3) is 6.12. The summed E-state index contributed by atoms with van der Waals surface area (Å²) in [4.78, 5) is 28.6. The average Bonchev–Trinajstić information content (AvgIpc) is 3.42. The van der Waals surface area contributed by atoms with E-state index in [2.05, 4.69) is 25.8 Å². The van der Waals surface area contributed by atoms with Crippen LogP contribution in [0.25, 0.3) is 0 Å². The lowest BCUT2D eigenvalue weighted by molar-refractivity contribution is -0.115. The molecule has 0 bridgehead atoms. The molecule has 2 heterocycles. The standard InChI is InChI=1S/C22H31N5O5/c1-5-13(2)32-22(29)24-16-7-6-14(8-16)17-11-19(27-26-17)25-20(28)9-15-10-21(31-4)23-12-18(15)30-3/h10-14,16H,5-9H2,1-4H3,(H,24,29)(H2,25,26,27,28). The van der Waals surface area contributed by atoms with Crippen molar-refractivity contribution in [2.75, 3.05) is 19.5 Å². The Hall–Kier alpha value is -3.30. The minimum Gasteiger partial charge on any atom is -0.495 e. The van der Waals surface area contributed by atoms with E-state index in [4.69, 9.17) is 14.2 Å². The predicted molar refractivity (Wildman–Crippen MR) is 118 cm³/mol. The van der Waals surface area contributed by atoms with E-state index in [-0.39, 0.29) is 36.5 Å². The highest BCUT2D eigenvalue weighted by Gasteiger charge is 2.29. The number of ether oxygens (including phenoxy) is 3. The molecule has 3 unspecified atom stereocenters. The summed E-state index contributed by atoms with van der Waals surface area (Å²) in [5.41, 5.74) is 1.60. The number of hydrogen-bond donors (Lipinski definition) is 3. The number of pyridine rings is 1. The van der Waals surface area contributed by atoms with Gasteiger partial charge in [-0.2, -0.15) is 5.10 Å². The van der Waals surface area contributed by atoms with Gasteiger partial charge in [-0.15, -0.1) is 0 Å². The predicted octanol–water partition coefficient (Wildman–Crippen LogP) is 3.16. The number of nitrogens with zero attached hydrogens (tertiary/aromatic N) is 2. The van der Waals surface area contributed by atoms with Crippen LogP contribution in [0.1, 0.15) is 56.7 Å². The van der Waals surface area contributed by atoms with Gasteiger partial charge >= 0.3 is 6.09 Å². The molecule has 3 rings (SSSR count). The van der Waals surface area contributed by atoms with Gasteiger partial charge in [-0.3, -0.25) is 9.89 Å². The molecular formula is C22H31N5O5. The van der Waals surface area contributed by atoms with Gasteiger partial charge < -0.3 is 24.8 Å². The van der Waals surface area contributed by atoms with E-state index in [1.165, 1.54) is 20.4 Å². The Morgan fingerprint density at radius 1 is 1.25 bits per heavy atom. The van der Waals surface area contributed by atoms with Crippen molar-refractivity contribution in [1.29, 1.82) is 0 Å². The third-order valence-electron chi connectivity index (χ3n) is 5.65. The fourth-order valence-electron chi connectivity index (χ4n) is 3.73. The summed E-state index contributed by atoms with van der Waals surface area (Å²) in [5.74, 6) is 1.38. The maximum Gasteiger partial charge on any atom is 0.407 e. The number of amides is 2. The summed E-state index contributed by atoms with van der Waals surface area (Å²) >= 11 is 0. The number of alkyl carbamates (subject to hydrolysis) is 1. The number of H-pyrrole nitrogens is 1. The van der Waals surface area contributed by atoms with E-state index < -0.39 is 0 Å². The number of anilines is 1. The minimum atomic E-state index is -0.370. The van der Waals surface area contributed by atoms with Crippen LogP contribution in [-0.2, 0) is 16.0 Å². The minimum absolute atomic E-state index is 0.0621. The van der Waals surface area contributed by atoms with Crippen LogP contribution in [0.2, 0.25) is 0 Å². The van der Waals surface area contributed by atoms with Gasteiger partial charge in [0.05, 0.1) is 26.8 Å². The molecule has 3 atom stereocenters. The summed E-state index contributed by atoms with van der Waals surface area (Å²) in [6.07, 6.45) is 4.51. The summed E-state index contributed by atoms with van der Waals surface area (Å²) in [7, 11) is 3.04. The first-order valence-electron chi connectivity index (χ1n) is 10.8. The SMILES string of the molecule is CCC(C)OC(=O)NC1CCC(c2cc(NC(=O)Cc3cc(OC)ncc3OC)n[nH]2)C1. The van der Waals surface area contributed by atoms with Crippen molar-refractivity contribution < 1.29 is 23.8 Å². The Balaban J connectivity index is 1.53. The first-order chi connectivity index (χ1) is 15.4. The zero-order valence-electron chi connectivity index (χ0n) is 18.9. The van der Waals surface area contributed by atoms with E-state index in [0.717, 1.165) is 31.4 Å². The molecule has 2 aromatic rings. The molecule has 2 amide bonds. The normalized spacial score (nSPS) is 18.6. The lowest BCUT2D eigenvalue weighted by Crippen LogP contribution is -2.35. The molecular weight excluding hydrogens is 414 g/mol. The lowest BCUT2D eigenvalue weighted by atomic mass is 10.0. The molecule has 10 nitrogen and oxygen atoms in total. The Morgan fingerprint density at radius 2 is 2.06 bits per heavy atom. The second-order valence-electron chi connectivity index (χ2n) is 7.95.